The van der Waals surface area contributed by atoms with E-state index in [4.69, 9.17) is 12.6 Å². The van der Waals surface area contributed by atoms with E-state index in [9.17, 15) is 0 Å². The van der Waals surface area contributed by atoms with Gasteiger partial charge >= 0.3 is 0 Å². The summed E-state index contributed by atoms with van der Waals surface area (Å²) in [4.78, 5) is -0.555. The molecule has 3 atom stereocenters. The van der Waals surface area contributed by atoms with Crippen molar-refractivity contribution in [1.82, 2.24) is 21.3 Å². The number of hydrogen-bond donors (Lipinski definition) is 5. The lowest BCUT2D eigenvalue weighted by Crippen LogP contribution is -2.51. The molecule has 2 rings (SSSR count). The maximum absolute atomic E-state index is 4.91. The van der Waals surface area contributed by atoms with Gasteiger partial charge in [-0.05, 0) is 29.9 Å². The van der Waals surface area contributed by atoms with Gasteiger partial charge in [-0.1, -0.05) is 115 Å². The Morgan fingerprint density at radius 1 is 0.722 bits per heavy atom. The Balaban J connectivity index is 1.98. The largest absolute Gasteiger partial charge is 0.384 e. The molecule has 0 saturated heterocycles. The van der Waals surface area contributed by atoms with Gasteiger partial charge in [0.15, 0.2) is 0 Å². The summed E-state index contributed by atoms with van der Waals surface area (Å²) in [5.41, 5.74) is 5.63. The van der Waals surface area contributed by atoms with Crippen molar-refractivity contribution in [2.24, 2.45) is 11.8 Å². The topological polar surface area (TPSA) is 48.1 Å². The maximum atomic E-state index is 4.91. The van der Waals surface area contributed by atoms with Gasteiger partial charge in [0.05, 0.1) is 17.0 Å². The Labute approximate surface area is 224 Å². The minimum atomic E-state index is -0.555. The zero-order chi connectivity index (χ0) is 26.9. The lowest BCUT2D eigenvalue weighted by Gasteiger charge is -2.35. The van der Waals surface area contributed by atoms with Crippen molar-refractivity contribution in [3.63, 3.8) is 0 Å². The van der Waals surface area contributed by atoms with E-state index in [1.165, 1.54) is 0 Å². The van der Waals surface area contributed by atoms with Crippen LogP contribution in [0.1, 0.15) is 45.7 Å². The monoisotopic (exact) mass is 504 g/mol. The van der Waals surface area contributed by atoms with Gasteiger partial charge < -0.3 is 21.3 Å². The van der Waals surface area contributed by atoms with Crippen LogP contribution in [0, 0.1) is 11.8 Å². The van der Waals surface area contributed by atoms with Crippen molar-refractivity contribution in [2.75, 3.05) is 6.54 Å². The third-order valence-corrected chi connectivity index (χ3v) is 6.35. The Bertz CT molecular complexity index is 1030. The van der Waals surface area contributed by atoms with Gasteiger partial charge in [0.1, 0.15) is 0 Å². The average molecular weight is 505 g/mol. The maximum Gasteiger partial charge on any atom is 0.0948 e. The van der Waals surface area contributed by atoms with Crippen molar-refractivity contribution < 1.29 is 0 Å². The Kier molecular flexibility index (Phi) is 10.8. The molecule has 2 aromatic carbocycles. The second-order valence-corrected chi connectivity index (χ2v) is 11.2. The molecule has 3 unspecified atom stereocenters. The third kappa shape index (κ3) is 8.87. The molecule has 0 aliphatic heterocycles. The van der Waals surface area contributed by atoms with Crippen LogP contribution >= 0.6 is 12.6 Å². The predicted octanol–water partition coefficient (Wildman–Crippen LogP) is 6.41. The van der Waals surface area contributed by atoms with E-state index in [1.54, 1.807) is 0 Å². The van der Waals surface area contributed by atoms with Crippen LogP contribution in [0.15, 0.2) is 98.4 Å². The number of benzene rings is 2. The molecular formula is C31H44N4S. The quantitative estimate of drug-likeness (QED) is 0.144. The highest BCUT2D eigenvalue weighted by molar-refractivity contribution is 7.81. The highest BCUT2D eigenvalue weighted by Gasteiger charge is 2.26. The average Bonchev–Trinajstić information content (AvgIpc) is 2.84. The standard InChI is InChI=1S/C31H44N4S/c1-21(2)29(33-23(5)27-16-12-10-13-17-27)25(7)32-20-31(9,36)35-26(8)30(22(3)4)34-24(6)28-18-14-11-15-19-28/h10-19,21-22,29-30,32-36H,5-8,20H2,1-4,9H3. The molecule has 0 heterocycles. The molecule has 0 aromatic heterocycles. The molecule has 4 nitrogen and oxygen atoms in total. The number of rotatable bonds is 15. The Morgan fingerprint density at radius 3 is 1.50 bits per heavy atom. The van der Waals surface area contributed by atoms with Crippen LogP contribution in [0.2, 0.25) is 0 Å². The first-order valence-electron chi connectivity index (χ1n) is 12.5. The molecule has 0 bridgehead atoms. The van der Waals surface area contributed by atoms with Crippen molar-refractivity contribution in [3.05, 3.63) is 110 Å². The summed E-state index contributed by atoms with van der Waals surface area (Å²) < 4.78 is 0. The van der Waals surface area contributed by atoms with Gasteiger partial charge in [-0.3, -0.25) is 0 Å². The molecule has 0 spiro atoms. The second kappa shape index (κ2) is 13.3. The van der Waals surface area contributed by atoms with Crippen LogP contribution in [0.25, 0.3) is 11.4 Å². The molecule has 0 amide bonds. The first-order valence-corrected chi connectivity index (χ1v) is 13.0. The highest BCUT2D eigenvalue weighted by Crippen LogP contribution is 2.20. The fourth-order valence-corrected chi connectivity index (χ4v) is 4.22. The molecule has 36 heavy (non-hydrogen) atoms. The molecule has 2 aromatic rings. The fourth-order valence-electron chi connectivity index (χ4n) is 4.00. The van der Waals surface area contributed by atoms with Gasteiger partial charge in [0.2, 0.25) is 0 Å². The van der Waals surface area contributed by atoms with Crippen LogP contribution in [-0.2, 0) is 0 Å². The third-order valence-electron chi connectivity index (χ3n) is 6.08. The molecule has 0 aliphatic carbocycles. The molecule has 0 aliphatic rings. The van der Waals surface area contributed by atoms with E-state index >= 15 is 0 Å². The zero-order valence-corrected chi connectivity index (χ0v) is 23.5. The van der Waals surface area contributed by atoms with Crippen LogP contribution in [-0.4, -0.2) is 23.5 Å². The van der Waals surface area contributed by atoms with Crippen molar-refractivity contribution in [3.8, 4) is 0 Å². The Hall–Kier alpha value is -3.05. The van der Waals surface area contributed by atoms with E-state index in [0.717, 1.165) is 33.9 Å². The smallest absolute Gasteiger partial charge is 0.0948 e. The summed E-state index contributed by atoms with van der Waals surface area (Å²) in [5.74, 6) is 0.620. The summed E-state index contributed by atoms with van der Waals surface area (Å²) in [6.45, 7) is 28.4. The van der Waals surface area contributed by atoms with E-state index in [1.807, 2.05) is 55.5 Å². The number of nitrogens with one attached hydrogen (secondary N) is 4. The predicted molar refractivity (Wildman–Crippen MR) is 161 cm³/mol. The van der Waals surface area contributed by atoms with E-state index in [2.05, 4.69) is 87.4 Å². The van der Waals surface area contributed by atoms with Crippen molar-refractivity contribution in [1.29, 1.82) is 0 Å². The van der Waals surface area contributed by atoms with Crippen LogP contribution in [0.4, 0.5) is 0 Å². The van der Waals surface area contributed by atoms with Crippen molar-refractivity contribution in [2.45, 2.75) is 51.6 Å². The number of hydrogen-bond acceptors (Lipinski definition) is 5. The van der Waals surface area contributed by atoms with Gasteiger partial charge in [0, 0.05) is 29.3 Å². The minimum Gasteiger partial charge on any atom is -0.384 e. The number of thiol groups is 1. The first kappa shape index (κ1) is 29.2. The van der Waals surface area contributed by atoms with Gasteiger partial charge in [-0.2, -0.15) is 0 Å². The normalized spacial score (nSPS) is 14.3. The summed E-state index contributed by atoms with van der Waals surface area (Å²) in [7, 11) is 0. The van der Waals surface area contributed by atoms with E-state index in [0.29, 0.717) is 18.4 Å². The second-order valence-electron chi connectivity index (χ2n) is 10.2. The SMILES string of the molecule is C=C(NC(C(=C)NCC(C)(S)NC(=C)C(NC(=C)c1ccccc1)C(C)C)C(C)C)c1ccccc1. The summed E-state index contributed by atoms with van der Waals surface area (Å²) in [5, 5.41) is 14.1. The molecule has 5 heteroatoms. The summed E-state index contributed by atoms with van der Waals surface area (Å²) in [6.07, 6.45) is 0. The molecule has 0 fully saturated rings. The molecule has 194 valence electrons. The fraction of sp³-hybridized carbons (Fsp3) is 0.355. The zero-order valence-electron chi connectivity index (χ0n) is 22.6. The summed E-state index contributed by atoms with van der Waals surface area (Å²) >= 11 is 4.91. The van der Waals surface area contributed by atoms with Crippen LogP contribution < -0.4 is 21.3 Å². The summed E-state index contributed by atoms with van der Waals surface area (Å²) in [6, 6.07) is 20.3. The van der Waals surface area contributed by atoms with Gasteiger partial charge in [0.25, 0.3) is 0 Å². The van der Waals surface area contributed by atoms with Crippen LogP contribution in [0.5, 0.6) is 0 Å². The van der Waals surface area contributed by atoms with Crippen molar-refractivity contribution >= 4 is 24.0 Å². The lowest BCUT2D eigenvalue weighted by atomic mass is 9.99. The molecule has 0 radical (unpaired) electrons. The lowest BCUT2D eigenvalue weighted by molar-refractivity contribution is 0.425. The molecule has 4 N–H and O–H groups in total. The minimum absolute atomic E-state index is 0.00772. The first-order chi connectivity index (χ1) is 16.9. The Morgan fingerprint density at radius 2 is 1.11 bits per heavy atom. The van der Waals surface area contributed by atoms with Gasteiger partial charge in [-0.15, -0.1) is 12.6 Å². The highest BCUT2D eigenvalue weighted by atomic mass is 32.1. The molecule has 0 saturated carbocycles. The van der Waals surface area contributed by atoms with Crippen LogP contribution in [0.3, 0.4) is 0 Å². The molecular weight excluding hydrogens is 460 g/mol. The van der Waals surface area contributed by atoms with E-state index < -0.39 is 4.87 Å². The van der Waals surface area contributed by atoms with E-state index in [-0.39, 0.29) is 12.1 Å². The van der Waals surface area contributed by atoms with Gasteiger partial charge in [-0.25, -0.2) is 0 Å².